The number of likely N-dealkylation sites (tertiary alicyclic amines) is 1. The van der Waals surface area contributed by atoms with Crippen LogP contribution < -0.4 is 5.32 Å². The zero-order chi connectivity index (χ0) is 16.3. The van der Waals surface area contributed by atoms with E-state index in [1.54, 1.807) is 0 Å². The molecule has 1 aliphatic heterocycles. The Balaban J connectivity index is 1.83. The second-order valence-electron chi connectivity index (χ2n) is 5.09. The molecule has 1 atom stereocenters. The maximum atomic E-state index is 13.4. The molecular formula is C14H15F3N2O3. The highest BCUT2D eigenvalue weighted by Crippen LogP contribution is 2.17. The summed E-state index contributed by atoms with van der Waals surface area (Å²) in [5.41, 5.74) is -0.0379. The summed E-state index contributed by atoms with van der Waals surface area (Å²) in [6, 6.07) is 1.50. The third-order valence-corrected chi connectivity index (χ3v) is 3.61. The van der Waals surface area contributed by atoms with Gasteiger partial charge in [0.2, 0.25) is 0 Å². The lowest BCUT2D eigenvalue weighted by Crippen LogP contribution is -2.39. The van der Waals surface area contributed by atoms with Crippen LogP contribution in [0.3, 0.4) is 0 Å². The standard InChI is InChI=1S/C14H15F3N2O3/c15-10-2-1-8(11(16)12(10)17)3-5-18-14(22)19-6-4-9(7-19)13(20)21/h1-2,9H,3-7H2,(H,18,22)(H,20,21). The number of carboxylic acids is 1. The summed E-state index contributed by atoms with van der Waals surface area (Å²) in [4.78, 5) is 24.0. The van der Waals surface area contributed by atoms with E-state index < -0.39 is 35.4 Å². The summed E-state index contributed by atoms with van der Waals surface area (Å²) in [6.07, 6.45) is 0.394. The Hall–Kier alpha value is -2.25. The van der Waals surface area contributed by atoms with Gasteiger partial charge in [-0.1, -0.05) is 6.07 Å². The lowest BCUT2D eigenvalue weighted by atomic mass is 10.1. The Morgan fingerprint density at radius 3 is 2.64 bits per heavy atom. The van der Waals surface area contributed by atoms with E-state index in [0.717, 1.165) is 12.1 Å². The molecule has 1 unspecified atom stereocenters. The van der Waals surface area contributed by atoms with Crippen LogP contribution in [-0.2, 0) is 11.2 Å². The van der Waals surface area contributed by atoms with Gasteiger partial charge in [-0.05, 0) is 24.5 Å². The Labute approximate surface area is 124 Å². The van der Waals surface area contributed by atoms with Crippen LogP contribution in [0, 0.1) is 23.4 Å². The van der Waals surface area contributed by atoms with Gasteiger partial charge in [0.1, 0.15) is 0 Å². The minimum absolute atomic E-state index is 0.00493. The van der Waals surface area contributed by atoms with Gasteiger partial charge in [-0.15, -0.1) is 0 Å². The number of halogens is 3. The summed E-state index contributed by atoms with van der Waals surface area (Å²) < 4.78 is 39.2. The number of carbonyl (C=O) groups is 2. The van der Waals surface area contributed by atoms with Crippen molar-refractivity contribution in [2.24, 2.45) is 5.92 Å². The van der Waals surface area contributed by atoms with E-state index in [9.17, 15) is 22.8 Å². The first-order valence-corrected chi connectivity index (χ1v) is 6.78. The molecule has 1 aromatic rings. The molecule has 1 aromatic carbocycles. The van der Waals surface area contributed by atoms with Crippen LogP contribution in [0.5, 0.6) is 0 Å². The number of benzene rings is 1. The lowest BCUT2D eigenvalue weighted by Gasteiger charge is -2.16. The van der Waals surface area contributed by atoms with Crippen LogP contribution in [0.15, 0.2) is 12.1 Å². The van der Waals surface area contributed by atoms with Gasteiger partial charge in [-0.25, -0.2) is 18.0 Å². The van der Waals surface area contributed by atoms with Gasteiger partial charge in [-0.3, -0.25) is 4.79 Å². The first-order valence-electron chi connectivity index (χ1n) is 6.78. The number of hydrogen-bond acceptors (Lipinski definition) is 2. The van der Waals surface area contributed by atoms with Crippen molar-refractivity contribution in [1.82, 2.24) is 10.2 Å². The molecule has 2 N–H and O–H groups in total. The predicted molar refractivity (Wildman–Crippen MR) is 70.7 cm³/mol. The predicted octanol–water partition coefficient (Wildman–Crippen LogP) is 1.76. The van der Waals surface area contributed by atoms with Gasteiger partial charge in [0.25, 0.3) is 0 Å². The van der Waals surface area contributed by atoms with Crippen molar-refractivity contribution < 1.29 is 27.9 Å². The number of rotatable bonds is 4. The molecule has 0 spiro atoms. The maximum absolute atomic E-state index is 13.4. The van der Waals surface area contributed by atoms with Crippen molar-refractivity contribution in [3.8, 4) is 0 Å². The molecule has 0 radical (unpaired) electrons. The van der Waals surface area contributed by atoms with Crippen molar-refractivity contribution >= 4 is 12.0 Å². The largest absolute Gasteiger partial charge is 0.481 e. The van der Waals surface area contributed by atoms with Crippen molar-refractivity contribution in [2.75, 3.05) is 19.6 Å². The lowest BCUT2D eigenvalue weighted by molar-refractivity contribution is -0.141. The molecule has 1 heterocycles. The SMILES string of the molecule is O=C(O)C1CCN(C(=O)NCCc2ccc(F)c(F)c2F)C1. The van der Waals surface area contributed by atoms with Crippen LogP contribution in [0.1, 0.15) is 12.0 Å². The van der Waals surface area contributed by atoms with E-state index in [1.165, 1.54) is 4.90 Å². The topological polar surface area (TPSA) is 69.6 Å². The second kappa shape index (κ2) is 6.67. The van der Waals surface area contributed by atoms with Crippen molar-refractivity contribution in [3.63, 3.8) is 0 Å². The molecule has 22 heavy (non-hydrogen) atoms. The van der Waals surface area contributed by atoms with E-state index >= 15 is 0 Å². The molecule has 0 aliphatic carbocycles. The van der Waals surface area contributed by atoms with Crippen LogP contribution in [0.2, 0.25) is 0 Å². The number of nitrogens with one attached hydrogen (secondary N) is 1. The van der Waals surface area contributed by atoms with E-state index in [4.69, 9.17) is 5.11 Å². The van der Waals surface area contributed by atoms with Crippen LogP contribution in [0.25, 0.3) is 0 Å². The number of carbonyl (C=O) groups excluding carboxylic acids is 1. The van der Waals surface area contributed by atoms with Gasteiger partial charge in [-0.2, -0.15) is 0 Å². The average Bonchev–Trinajstić information content (AvgIpc) is 2.97. The van der Waals surface area contributed by atoms with Crippen LogP contribution in [0.4, 0.5) is 18.0 Å². The fourth-order valence-corrected chi connectivity index (χ4v) is 2.32. The summed E-state index contributed by atoms with van der Waals surface area (Å²) in [6.45, 7) is 0.498. The number of urea groups is 1. The quantitative estimate of drug-likeness (QED) is 0.832. The number of aliphatic carboxylic acids is 1. The van der Waals surface area contributed by atoms with E-state index in [-0.39, 0.29) is 25.1 Å². The third kappa shape index (κ3) is 3.49. The smallest absolute Gasteiger partial charge is 0.317 e. The Kier molecular flexibility index (Phi) is 4.89. The second-order valence-corrected chi connectivity index (χ2v) is 5.09. The minimum Gasteiger partial charge on any atom is -0.481 e. The first kappa shape index (κ1) is 16.1. The van der Waals surface area contributed by atoms with Crippen molar-refractivity contribution in [1.29, 1.82) is 0 Å². The molecule has 2 rings (SSSR count). The molecule has 0 bridgehead atoms. The molecule has 0 aromatic heterocycles. The normalized spacial score (nSPS) is 17.6. The molecular weight excluding hydrogens is 301 g/mol. The Morgan fingerprint density at radius 1 is 1.27 bits per heavy atom. The van der Waals surface area contributed by atoms with Gasteiger partial charge in [0.15, 0.2) is 17.5 Å². The molecule has 8 heteroatoms. The molecule has 0 saturated carbocycles. The monoisotopic (exact) mass is 316 g/mol. The van der Waals surface area contributed by atoms with Gasteiger partial charge < -0.3 is 15.3 Å². The molecule has 1 saturated heterocycles. The van der Waals surface area contributed by atoms with E-state index in [2.05, 4.69) is 5.32 Å². The molecule has 120 valence electrons. The Morgan fingerprint density at radius 2 is 2.00 bits per heavy atom. The Bertz CT molecular complexity index is 595. The highest BCUT2D eigenvalue weighted by Gasteiger charge is 2.30. The average molecular weight is 316 g/mol. The summed E-state index contributed by atoms with van der Waals surface area (Å²) in [5.74, 6) is -5.58. The first-order chi connectivity index (χ1) is 10.4. The number of nitrogens with zero attached hydrogens (tertiary/aromatic N) is 1. The van der Waals surface area contributed by atoms with Crippen LogP contribution in [-0.4, -0.2) is 41.6 Å². The fraction of sp³-hybridized carbons (Fsp3) is 0.429. The van der Waals surface area contributed by atoms with Crippen molar-refractivity contribution in [2.45, 2.75) is 12.8 Å². The molecule has 5 nitrogen and oxygen atoms in total. The molecule has 1 aliphatic rings. The summed E-state index contributed by atoms with van der Waals surface area (Å²) in [5, 5.41) is 11.4. The van der Waals surface area contributed by atoms with Crippen molar-refractivity contribution in [3.05, 3.63) is 35.1 Å². The zero-order valence-corrected chi connectivity index (χ0v) is 11.6. The molecule has 2 amide bonds. The van der Waals surface area contributed by atoms with E-state index in [1.807, 2.05) is 0 Å². The van der Waals surface area contributed by atoms with Gasteiger partial charge in [0.05, 0.1) is 5.92 Å². The molecule has 1 fully saturated rings. The zero-order valence-electron chi connectivity index (χ0n) is 11.6. The van der Waals surface area contributed by atoms with E-state index in [0.29, 0.717) is 13.0 Å². The fourth-order valence-electron chi connectivity index (χ4n) is 2.32. The number of carboxylic acid groups (broad SMARTS) is 1. The van der Waals surface area contributed by atoms with Gasteiger partial charge >= 0.3 is 12.0 Å². The summed E-state index contributed by atoms with van der Waals surface area (Å²) in [7, 11) is 0. The highest BCUT2D eigenvalue weighted by molar-refractivity contribution is 5.77. The van der Waals surface area contributed by atoms with Gasteiger partial charge in [0, 0.05) is 19.6 Å². The number of amides is 2. The maximum Gasteiger partial charge on any atom is 0.317 e. The highest BCUT2D eigenvalue weighted by atomic mass is 19.2. The third-order valence-electron chi connectivity index (χ3n) is 3.61. The minimum atomic E-state index is -1.53. The summed E-state index contributed by atoms with van der Waals surface area (Å²) >= 11 is 0. The van der Waals surface area contributed by atoms with Crippen LogP contribution >= 0.6 is 0 Å². The number of hydrogen-bond donors (Lipinski definition) is 2.